The first kappa shape index (κ1) is 7.71. The monoisotopic (exact) mass is 132 g/mol. The van der Waals surface area contributed by atoms with Gasteiger partial charge in [-0.05, 0) is 0 Å². The topological polar surface area (TPSA) is 37.3 Å². The zero-order chi connectivity index (χ0) is 6.62. The molecule has 3 heteroatoms. The van der Waals surface area contributed by atoms with E-state index in [-0.39, 0.29) is 6.16 Å². The molecule has 46 valence electrons. The molecule has 0 aliphatic heterocycles. The Morgan fingerprint density at radius 3 is 2.62 bits per heavy atom. The Balaban J connectivity index is 4.14. The largest absolute Gasteiger partial charge is 0.341 e. The van der Waals surface area contributed by atoms with Crippen molar-refractivity contribution >= 4 is 7.37 Å². The fourth-order valence-corrected chi connectivity index (χ4v) is 0.702. The first-order valence-corrected chi connectivity index (χ1v) is 4.22. The molecule has 0 spiro atoms. The van der Waals surface area contributed by atoms with E-state index in [2.05, 4.69) is 12.3 Å². The quantitative estimate of drug-likeness (QED) is 0.457. The smallest absolute Gasteiger partial charge is 0.229 e. The standard InChI is InChI=1S/C5H9O2P/c1-3-5-8(6,7)4-2/h5H,1,4H2,2H3,(H,6,7). The van der Waals surface area contributed by atoms with Gasteiger partial charge in [0.2, 0.25) is 7.37 Å². The third kappa shape index (κ3) is 2.81. The highest BCUT2D eigenvalue weighted by atomic mass is 31.2. The lowest BCUT2D eigenvalue weighted by Gasteiger charge is -1.96. The zero-order valence-corrected chi connectivity index (χ0v) is 5.69. The van der Waals surface area contributed by atoms with Gasteiger partial charge in [0, 0.05) is 12.0 Å². The van der Waals surface area contributed by atoms with E-state index in [1.54, 1.807) is 6.92 Å². The van der Waals surface area contributed by atoms with E-state index in [0.717, 1.165) is 5.82 Å². The van der Waals surface area contributed by atoms with Crippen LogP contribution in [0.15, 0.2) is 18.1 Å². The van der Waals surface area contributed by atoms with Crippen LogP contribution in [0.25, 0.3) is 0 Å². The summed E-state index contributed by atoms with van der Waals surface area (Å²) in [5, 5.41) is 0. The highest BCUT2D eigenvalue weighted by Crippen LogP contribution is 2.40. The van der Waals surface area contributed by atoms with E-state index in [0.29, 0.717) is 0 Å². The molecule has 0 aliphatic carbocycles. The summed E-state index contributed by atoms with van der Waals surface area (Å²) in [4.78, 5) is 8.72. The highest BCUT2D eigenvalue weighted by Gasteiger charge is 2.07. The summed E-state index contributed by atoms with van der Waals surface area (Å²) in [6.45, 7) is 4.83. The van der Waals surface area contributed by atoms with Crippen molar-refractivity contribution in [2.24, 2.45) is 0 Å². The van der Waals surface area contributed by atoms with E-state index in [1.807, 2.05) is 0 Å². The minimum Gasteiger partial charge on any atom is -0.341 e. The van der Waals surface area contributed by atoms with Crippen molar-refractivity contribution < 1.29 is 9.46 Å². The molecule has 1 N–H and O–H groups in total. The van der Waals surface area contributed by atoms with Crippen molar-refractivity contribution in [3.63, 3.8) is 0 Å². The molecule has 0 saturated carbocycles. The van der Waals surface area contributed by atoms with Crippen molar-refractivity contribution in [1.29, 1.82) is 0 Å². The molecule has 0 saturated heterocycles. The normalized spacial score (nSPS) is 16.2. The van der Waals surface area contributed by atoms with Gasteiger partial charge in [-0.25, -0.2) is 0 Å². The summed E-state index contributed by atoms with van der Waals surface area (Å²) < 4.78 is 10.6. The average Bonchev–Trinajstić information content (AvgIpc) is 1.67. The van der Waals surface area contributed by atoms with Crippen LogP contribution in [-0.2, 0) is 4.57 Å². The summed E-state index contributed by atoms with van der Waals surface area (Å²) in [7, 11) is -2.97. The summed E-state index contributed by atoms with van der Waals surface area (Å²) in [6, 6.07) is 0. The molecule has 1 unspecified atom stereocenters. The van der Waals surface area contributed by atoms with Gasteiger partial charge < -0.3 is 4.89 Å². The van der Waals surface area contributed by atoms with E-state index in [1.165, 1.54) is 0 Å². The second-order valence-electron chi connectivity index (χ2n) is 1.41. The highest BCUT2D eigenvalue weighted by molar-refractivity contribution is 7.61. The van der Waals surface area contributed by atoms with Crippen LogP contribution in [0.4, 0.5) is 0 Å². The molecular weight excluding hydrogens is 123 g/mol. The van der Waals surface area contributed by atoms with Gasteiger partial charge in [-0.15, -0.1) is 5.73 Å². The minimum absolute atomic E-state index is 0.259. The van der Waals surface area contributed by atoms with Gasteiger partial charge in [-0.2, -0.15) is 0 Å². The van der Waals surface area contributed by atoms with Crippen molar-refractivity contribution in [3.05, 3.63) is 18.1 Å². The predicted octanol–water partition coefficient (Wildman–Crippen LogP) is 1.58. The molecule has 0 heterocycles. The molecule has 0 amide bonds. The van der Waals surface area contributed by atoms with Crippen LogP contribution >= 0.6 is 7.37 Å². The molecular formula is C5H9O2P. The van der Waals surface area contributed by atoms with E-state index >= 15 is 0 Å². The lowest BCUT2D eigenvalue weighted by atomic mass is 11.0. The molecule has 8 heavy (non-hydrogen) atoms. The first-order chi connectivity index (χ1) is 3.62. The average molecular weight is 132 g/mol. The maximum Gasteiger partial charge on any atom is 0.229 e. The SMILES string of the molecule is C=C=CP(=O)(O)CC. The first-order valence-electron chi connectivity index (χ1n) is 2.31. The van der Waals surface area contributed by atoms with E-state index in [4.69, 9.17) is 4.89 Å². The van der Waals surface area contributed by atoms with Gasteiger partial charge in [-0.3, -0.25) is 4.57 Å². The van der Waals surface area contributed by atoms with Gasteiger partial charge in [0.15, 0.2) is 0 Å². The molecule has 0 rings (SSSR count). The molecule has 2 nitrogen and oxygen atoms in total. The third-order valence-corrected chi connectivity index (χ3v) is 2.24. The van der Waals surface area contributed by atoms with Crippen molar-refractivity contribution in [3.8, 4) is 0 Å². The van der Waals surface area contributed by atoms with Crippen molar-refractivity contribution in [2.45, 2.75) is 6.92 Å². The number of hydrogen-bond donors (Lipinski definition) is 1. The van der Waals surface area contributed by atoms with Crippen LogP contribution in [0.1, 0.15) is 6.92 Å². The Hall–Kier alpha value is -0.290. The van der Waals surface area contributed by atoms with E-state index < -0.39 is 7.37 Å². The lowest BCUT2D eigenvalue weighted by molar-refractivity contribution is 0.490. The van der Waals surface area contributed by atoms with Crippen molar-refractivity contribution in [2.75, 3.05) is 6.16 Å². The molecule has 0 fully saturated rings. The van der Waals surface area contributed by atoms with E-state index in [9.17, 15) is 4.57 Å². The Morgan fingerprint density at radius 2 is 2.50 bits per heavy atom. The van der Waals surface area contributed by atoms with Gasteiger partial charge in [0.1, 0.15) is 0 Å². The third-order valence-electron chi connectivity index (χ3n) is 0.746. The van der Waals surface area contributed by atoms with Gasteiger partial charge >= 0.3 is 0 Å². The van der Waals surface area contributed by atoms with Gasteiger partial charge in [-0.1, -0.05) is 13.5 Å². The maximum absolute atomic E-state index is 10.6. The molecule has 0 aliphatic rings. The molecule has 0 bridgehead atoms. The molecule has 0 radical (unpaired) electrons. The van der Waals surface area contributed by atoms with Crippen LogP contribution < -0.4 is 0 Å². The fraction of sp³-hybridized carbons (Fsp3) is 0.400. The van der Waals surface area contributed by atoms with Crippen LogP contribution in [-0.4, -0.2) is 11.1 Å². The summed E-state index contributed by atoms with van der Waals surface area (Å²) in [6.07, 6.45) is 0.259. The number of hydrogen-bond acceptors (Lipinski definition) is 1. The van der Waals surface area contributed by atoms with Gasteiger partial charge in [0.05, 0.1) is 0 Å². The number of rotatable bonds is 2. The van der Waals surface area contributed by atoms with Crippen LogP contribution in [0.3, 0.4) is 0 Å². The molecule has 0 aromatic heterocycles. The second-order valence-corrected chi connectivity index (χ2v) is 3.81. The maximum atomic E-state index is 10.6. The Kier molecular flexibility index (Phi) is 2.78. The Morgan fingerprint density at radius 1 is 2.00 bits per heavy atom. The second kappa shape index (κ2) is 2.88. The summed E-state index contributed by atoms with van der Waals surface area (Å²) in [5.41, 5.74) is 2.27. The molecule has 1 atom stereocenters. The van der Waals surface area contributed by atoms with Crippen LogP contribution in [0.2, 0.25) is 0 Å². The van der Waals surface area contributed by atoms with Crippen LogP contribution in [0, 0.1) is 0 Å². The Labute approximate surface area is 49.0 Å². The minimum atomic E-state index is -2.97. The summed E-state index contributed by atoms with van der Waals surface area (Å²) in [5.74, 6) is 1.12. The predicted molar refractivity (Wildman–Crippen MR) is 34.1 cm³/mol. The van der Waals surface area contributed by atoms with Gasteiger partial charge in [0.25, 0.3) is 0 Å². The fourth-order valence-electron chi connectivity index (χ4n) is 0.234. The van der Waals surface area contributed by atoms with Crippen molar-refractivity contribution in [1.82, 2.24) is 0 Å². The summed E-state index contributed by atoms with van der Waals surface area (Å²) >= 11 is 0. The lowest BCUT2D eigenvalue weighted by Crippen LogP contribution is -1.74. The zero-order valence-electron chi connectivity index (χ0n) is 4.79. The van der Waals surface area contributed by atoms with Crippen LogP contribution in [0.5, 0.6) is 0 Å². The molecule has 0 aromatic rings. The Bertz CT molecular complexity index is 156. The molecule has 0 aromatic carbocycles.